The predicted molar refractivity (Wildman–Crippen MR) is 156 cm³/mol. The smallest absolute Gasteiger partial charge is 0.255 e. The molecule has 0 atom stereocenters. The Bertz CT molecular complexity index is 1660. The van der Waals surface area contributed by atoms with Crippen molar-refractivity contribution in [3.63, 3.8) is 0 Å². The van der Waals surface area contributed by atoms with Gasteiger partial charge in [-0.2, -0.15) is 10.4 Å². The minimum atomic E-state index is -0.558. The van der Waals surface area contributed by atoms with Crippen LogP contribution in [0.25, 0.3) is 22.2 Å². The number of nitrogens with one attached hydrogen (secondary N) is 1. The standard InChI is InChI=1S/C28H26Br2N8O2/c29-18-1-2-23(30)21(11-18)27(40)36-9-4-19(5-10-36)37-15-28(16-37,6-7-31)38-14-17(12-35-38)24-20-3-8-33-26(20)34-13-22(24)25(32)39/h1-3,8,11-14,19H,4-6,9-10,15-16H2,(H2,32,39)(H,33,34). The third-order valence-corrected chi connectivity index (χ3v) is 9.22. The number of piperidine rings is 1. The summed E-state index contributed by atoms with van der Waals surface area (Å²) in [6.45, 7) is 2.74. The number of rotatable bonds is 6. The highest BCUT2D eigenvalue weighted by molar-refractivity contribution is 9.11. The first-order chi connectivity index (χ1) is 19.3. The number of nitriles is 1. The number of pyridine rings is 1. The minimum absolute atomic E-state index is 0.0288. The van der Waals surface area contributed by atoms with E-state index in [1.165, 1.54) is 6.20 Å². The van der Waals surface area contributed by atoms with Gasteiger partial charge in [0.25, 0.3) is 11.8 Å². The van der Waals surface area contributed by atoms with E-state index in [4.69, 9.17) is 5.73 Å². The number of hydrogen-bond donors (Lipinski definition) is 2. The largest absolute Gasteiger partial charge is 0.366 e. The molecule has 2 saturated heterocycles. The zero-order valence-corrected chi connectivity index (χ0v) is 24.7. The van der Waals surface area contributed by atoms with Gasteiger partial charge in [0.05, 0.1) is 29.8 Å². The Hall–Kier alpha value is -3.53. The molecule has 6 rings (SSSR count). The van der Waals surface area contributed by atoms with Crippen molar-refractivity contribution in [3.05, 3.63) is 69.1 Å². The maximum absolute atomic E-state index is 13.1. The van der Waals surface area contributed by atoms with Gasteiger partial charge >= 0.3 is 0 Å². The summed E-state index contributed by atoms with van der Waals surface area (Å²) in [5.41, 5.74) is 8.29. The minimum Gasteiger partial charge on any atom is -0.366 e. The van der Waals surface area contributed by atoms with Crippen LogP contribution in [0.4, 0.5) is 0 Å². The summed E-state index contributed by atoms with van der Waals surface area (Å²) in [6.07, 6.45) is 8.94. The number of aromatic nitrogens is 4. The molecule has 12 heteroatoms. The molecule has 0 spiro atoms. The van der Waals surface area contributed by atoms with Crippen LogP contribution in [0.1, 0.15) is 40.0 Å². The van der Waals surface area contributed by atoms with Crippen LogP contribution in [-0.4, -0.2) is 73.6 Å². The molecule has 40 heavy (non-hydrogen) atoms. The Morgan fingerprint density at radius 2 is 1.93 bits per heavy atom. The van der Waals surface area contributed by atoms with Crippen molar-refractivity contribution in [2.24, 2.45) is 5.73 Å². The number of aromatic amines is 1. The lowest BCUT2D eigenvalue weighted by molar-refractivity contribution is -0.0412. The van der Waals surface area contributed by atoms with Gasteiger partial charge in [-0.05, 0) is 53.0 Å². The van der Waals surface area contributed by atoms with Crippen molar-refractivity contribution >= 4 is 54.7 Å². The molecule has 0 unspecified atom stereocenters. The second-order valence-corrected chi connectivity index (χ2v) is 12.2. The molecule has 2 fully saturated rings. The summed E-state index contributed by atoms with van der Waals surface area (Å²) in [4.78, 5) is 37.0. The van der Waals surface area contributed by atoms with Gasteiger partial charge in [-0.1, -0.05) is 15.9 Å². The number of carbonyl (C=O) groups excluding carboxylic acids is 2. The number of halogens is 2. The molecular formula is C28H26Br2N8O2. The molecule has 4 aromatic rings. The van der Waals surface area contributed by atoms with Crippen LogP contribution < -0.4 is 5.73 Å². The Morgan fingerprint density at radius 1 is 1.15 bits per heavy atom. The quantitative estimate of drug-likeness (QED) is 0.316. The molecule has 0 radical (unpaired) electrons. The molecule has 204 valence electrons. The summed E-state index contributed by atoms with van der Waals surface area (Å²) in [7, 11) is 0. The third-order valence-electron chi connectivity index (χ3n) is 8.04. The molecule has 0 aliphatic carbocycles. The lowest BCUT2D eigenvalue weighted by Gasteiger charge is -2.53. The topological polar surface area (TPSA) is 137 Å². The molecule has 2 amide bonds. The number of fused-ring (bicyclic) bond motifs is 1. The van der Waals surface area contributed by atoms with Crippen molar-refractivity contribution < 1.29 is 9.59 Å². The van der Waals surface area contributed by atoms with Gasteiger partial charge in [0.2, 0.25) is 0 Å². The summed E-state index contributed by atoms with van der Waals surface area (Å²) in [5, 5.41) is 15.1. The number of benzene rings is 1. The molecule has 1 aromatic carbocycles. The average Bonchev–Trinajstić information content (AvgIpc) is 3.61. The predicted octanol–water partition coefficient (Wildman–Crippen LogP) is 4.28. The number of primary amides is 1. The zero-order chi connectivity index (χ0) is 28.0. The number of carbonyl (C=O) groups is 2. The van der Waals surface area contributed by atoms with E-state index in [9.17, 15) is 14.9 Å². The molecule has 10 nitrogen and oxygen atoms in total. The van der Waals surface area contributed by atoms with Gasteiger partial charge in [0.15, 0.2) is 0 Å². The first-order valence-electron chi connectivity index (χ1n) is 13.0. The monoisotopic (exact) mass is 664 g/mol. The number of likely N-dealkylation sites (tertiary alicyclic amines) is 2. The highest BCUT2D eigenvalue weighted by Gasteiger charge is 2.48. The second-order valence-electron chi connectivity index (χ2n) is 10.4. The molecule has 5 heterocycles. The normalized spacial score (nSPS) is 17.5. The Balaban J connectivity index is 1.17. The highest BCUT2D eigenvalue weighted by atomic mass is 79.9. The van der Waals surface area contributed by atoms with Crippen molar-refractivity contribution in [2.45, 2.75) is 30.8 Å². The van der Waals surface area contributed by atoms with Gasteiger partial charge < -0.3 is 15.6 Å². The van der Waals surface area contributed by atoms with Gasteiger partial charge in [0, 0.05) is 76.3 Å². The van der Waals surface area contributed by atoms with E-state index in [1.807, 2.05) is 40.0 Å². The Labute approximate surface area is 247 Å². The van der Waals surface area contributed by atoms with Gasteiger partial charge in [-0.25, -0.2) is 4.98 Å². The summed E-state index contributed by atoms with van der Waals surface area (Å²) in [5.74, 6) is -0.530. The van der Waals surface area contributed by atoms with Gasteiger partial charge in [-0.3, -0.25) is 19.2 Å². The lowest BCUT2D eigenvalue weighted by Crippen LogP contribution is -2.66. The third kappa shape index (κ3) is 4.62. The van der Waals surface area contributed by atoms with Crippen LogP contribution in [0.3, 0.4) is 0 Å². The van der Waals surface area contributed by atoms with Crippen LogP contribution in [0.5, 0.6) is 0 Å². The van der Waals surface area contributed by atoms with Gasteiger partial charge in [0.1, 0.15) is 11.2 Å². The van der Waals surface area contributed by atoms with E-state index in [0.29, 0.717) is 61.0 Å². The first-order valence-corrected chi connectivity index (χ1v) is 14.5. The molecule has 2 aliphatic rings. The van der Waals surface area contributed by atoms with Crippen LogP contribution in [0.15, 0.2) is 58.0 Å². The maximum atomic E-state index is 13.1. The fourth-order valence-electron chi connectivity index (χ4n) is 5.94. The molecule has 2 aliphatic heterocycles. The van der Waals surface area contributed by atoms with E-state index in [2.05, 4.69) is 57.9 Å². The fraction of sp³-hybridized carbons (Fsp3) is 0.321. The van der Waals surface area contributed by atoms with Crippen molar-refractivity contribution in [3.8, 4) is 17.2 Å². The summed E-state index contributed by atoms with van der Waals surface area (Å²) >= 11 is 6.96. The van der Waals surface area contributed by atoms with E-state index in [-0.39, 0.29) is 5.91 Å². The lowest BCUT2D eigenvalue weighted by atomic mass is 9.83. The number of hydrogen-bond acceptors (Lipinski definition) is 6. The van der Waals surface area contributed by atoms with Crippen molar-refractivity contribution in [1.82, 2.24) is 29.5 Å². The van der Waals surface area contributed by atoms with E-state index in [0.717, 1.165) is 32.7 Å². The second kappa shape index (κ2) is 10.5. The average molecular weight is 666 g/mol. The molecular weight excluding hydrogens is 640 g/mol. The molecule has 3 N–H and O–H groups in total. The number of amides is 2. The Morgan fingerprint density at radius 3 is 2.65 bits per heavy atom. The molecule has 0 bridgehead atoms. The van der Waals surface area contributed by atoms with Crippen LogP contribution >= 0.6 is 31.9 Å². The van der Waals surface area contributed by atoms with Crippen molar-refractivity contribution in [1.29, 1.82) is 5.26 Å². The summed E-state index contributed by atoms with van der Waals surface area (Å²) < 4.78 is 3.53. The van der Waals surface area contributed by atoms with E-state index < -0.39 is 11.4 Å². The Kier molecular flexibility index (Phi) is 6.98. The summed E-state index contributed by atoms with van der Waals surface area (Å²) in [6, 6.07) is 10.2. The maximum Gasteiger partial charge on any atom is 0.255 e. The number of H-pyrrole nitrogens is 1. The van der Waals surface area contributed by atoms with Crippen LogP contribution in [0, 0.1) is 11.3 Å². The van der Waals surface area contributed by atoms with Gasteiger partial charge in [-0.15, -0.1) is 0 Å². The molecule has 3 aromatic heterocycles. The fourth-order valence-corrected chi connectivity index (χ4v) is 6.71. The first kappa shape index (κ1) is 26.7. The van der Waals surface area contributed by atoms with E-state index in [1.54, 1.807) is 12.4 Å². The highest BCUT2D eigenvalue weighted by Crippen LogP contribution is 2.38. The number of nitrogens with zero attached hydrogens (tertiary/aromatic N) is 6. The number of nitrogens with two attached hydrogens (primary N) is 1. The SMILES string of the molecule is N#CCC1(n2cc(-c3c(C(N)=O)cnc4[nH]ccc34)cn2)CN(C2CCN(C(=O)c3cc(Br)ccc3Br)CC2)C1. The van der Waals surface area contributed by atoms with E-state index >= 15 is 0 Å². The van der Waals surface area contributed by atoms with Crippen LogP contribution in [0.2, 0.25) is 0 Å². The van der Waals surface area contributed by atoms with Crippen molar-refractivity contribution in [2.75, 3.05) is 26.2 Å². The van der Waals surface area contributed by atoms with Crippen LogP contribution in [-0.2, 0) is 5.54 Å². The molecule has 0 saturated carbocycles. The zero-order valence-electron chi connectivity index (χ0n) is 21.5.